The summed E-state index contributed by atoms with van der Waals surface area (Å²) in [5, 5.41) is 9.91. The molecule has 2 nitrogen and oxygen atoms in total. The topological polar surface area (TPSA) is 29.5 Å². The van der Waals surface area contributed by atoms with Crippen LogP contribution in [0.2, 0.25) is 0 Å². The summed E-state index contributed by atoms with van der Waals surface area (Å²) in [6.45, 7) is 4.88. The fraction of sp³-hybridized carbons (Fsp3) is 0.571. The van der Waals surface area contributed by atoms with E-state index in [2.05, 4.69) is 38.1 Å². The fourth-order valence-corrected chi connectivity index (χ4v) is 1.90. The first-order valence-corrected chi connectivity index (χ1v) is 5.84. The molecule has 1 N–H and O–H groups in total. The first-order valence-electron chi connectivity index (χ1n) is 5.84. The molecule has 0 amide bonds. The van der Waals surface area contributed by atoms with Gasteiger partial charge >= 0.3 is 0 Å². The lowest BCUT2D eigenvalue weighted by Crippen LogP contribution is -2.17. The van der Waals surface area contributed by atoms with E-state index in [4.69, 9.17) is 4.74 Å². The minimum Gasteiger partial charge on any atom is -0.393 e. The highest BCUT2D eigenvalue weighted by atomic mass is 16.5. The highest BCUT2D eigenvalue weighted by Crippen LogP contribution is 2.12. The predicted octanol–water partition coefficient (Wildman–Crippen LogP) is 2.57. The first-order chi connectivity index (χ1) is 7.61. The average molecular weight is 222 g/mol. The summed E-state index contributed by atoms with van der Waals surface area (Å²) < 4.78 is 5.06. The zero-order valence-electron chi connectivity index (χ0n) is 10.4. The van der Waals surface area contributed by atoms with E-state index in [0.717, 1.165) is 12.8 Å². The second-order valence-corrected chi connectivity index (χ2v) is 4.64. The lowest BCUT2D eigenvalue weighted by Gasteiger charge is -2.15. The Morgan fingerprint density at radius 1 is 1.25 bits per heavy atom. The van der Waals surface area contributed by atoms with Gasteiger partial charge in [-0.05, 0) is 31.2 Å². The maximum Gasteiger partial charge on any atom is 0.0584 e. The zero-order valence-corrected chi connectivity index (χ0v) is 10.4. The van der Waals surface area contributed by atoms with Crippen LogP contribution in [0.1, 0.15) is 24.5 Å². The molecule has 2 atom stereocenters. The number of rotatable bonds is 6. The molecule has 1 rings (SSSR count). The molecule has 2 unspecified atom stereocenters. The summed E-state index contributed by atoms with van der Waals surface area (Å²) in [6, 6.07) is 8.33. The normalized spacial score (nSPS) is 14.8. The van der Waals surface area contributed by atoms with Crippen LogP contribution in [0.5, 0.6) is 0 Å². The molecule has 0 aliphatic carbocycles. The molecule has 0 bridgehead atoms. The molecule has 90 valence electrons. The van der Waals surface area contributed by atoms with Gasteiger partial charge in [0.25, 0.3) is 0 Å². The van der Waals surface area contributed by atoms with E-state index < -0.39 is 0 Å². The molecule has 0 aliphatic rings. The van der Waals surface area contributed by atoms with E-state index in [9.17, 15) is 5.11 Å². The van der Waals surface area contributed by atoms with E-state index in [1.165, 1.54) is 11.1 Å². The van der Waals surface area contributed by atoms with Gasteiger partial charge in [-0.3, -0.25) is 0 Å². The summed E-state index contributed by atoms with van der Waals surface area (Å²) in [5.41, 5.74) is 2.45. The number of hydrogen-bond acceptors (Lipinski definition) is 2. The average Bonchev–Trinajstić information content (AvgIpc) is 2.21. The Kier molecular flexibility index (Phi) is 5.50. The Balaban J connectivity index is 2.39. The van der Waals surface area contributed by atoms with Crippen LogP contribution in [0, 0.1) is 12.8 Å². The van der Waals surface area contributed by atoms with Crippen LogP contribution in [0.25, 0.3) is 0 Å². The number of aryl methyl sites for hydroxylation is 1. The minimum atomic E-state index is -0.271. The van der Waals surface area contributed by atoms with Crippen molar-refractivity contribution in [3.05, 3.63) is 35.4 Å². The van der Waals surface area contributed by atoms with Crippen molar-refractivity contribution in [2.75, 3.05) is 13.7 Å². The summed E-state index contributed by atoms with van der Waals surface area (Å²) >= 11 is 0. The van der Waals surface area contributed by atoms with Gasteiger partial charge in [0.1, 0.15) is 0 Å². The molecule has 0 spiro atoms. The van der Waals surface area contributed by atoms with Gasteiger partial charge in [0.15, 0.2) is 0 Å². The van der Waals surface area contributed by atoms with Crippen LogP contribution in [0.3, 0.4) is 0 Å². The first kappa shape index (κ1) is 13.2. The Hall–Kier alpha value is -0.860. The smallest absolute Gasteiger partial charge is 0.0584 e. The molecule has 0 heterocycles. The third-order valence-corrected chi connectivity index (χ3v) is 2.72. The van der Waals surface area contributed by atoms with Crippen molar-refractivity contribution in [3.63, 3.8) is 0 Å². The number of hydrogen-bond donors (Lipinski definition) is 1. The van der Waals surface area contributed by atoms with Crippen molar-refractivity contribution >= 4 is 0 Å². The van der Waals surface area contributed by atoms with Crippen molar-refractivity contribution in [3.8, 4) is 0 Å². The van der Waals surface area contributed by atoms with Crippen molar-refractivity contribution in [2.24, 2.45) is 5.92 Å². The second-order valence-electron chi connectivity index (χ2n) is 4.64. The lowest BCUT2D eigenvalue weighted by molar-refractivity contribution is 0.102. The third kappa shape index (κ3) is 4.77. The van der Waals surface area contributed by atoms with E-state index in [1.54, 1.807) is 7.11 Å². The number of aliphatic hydroxyl groups is 1. The third-order valence-electron chi connectivity index (χ3n) is 2.72. The highest BCUT2D eigenvalue weighted by molar-refractivity contribution is 5.21. The van der Waals surface area contributed by atoms with E-state index in [-0.39, 0.29) is 6.10 Å². The van der Waals surface area contributed by atoms with E-state index >= 15 is 0 Å². The molecule has 0 fully saturated rings. The Bertz CT molecular complexity index is 292. The molecule has 1 aromatic carbocycles. The second kappa shape index (κ2) is 6.66. The summed E-state index contributed by atoms with van der Waals surface area (Å²) in [6.07, 6.45) is 1.25. The summed E-state index contributed by atoms with van der Waals surface area (Å²) in [5.74, 6) is 0.408. The Labute approximate surface area is 98.3 Å². The van der Waals surface area contributed by atoms with Crippen LogP contribution in [-0.2, 0) is 11.2 Å². The number of methoxy groups -OCH3 is 1. The molecular weight excluding hydrogens is 200 g/mol. The van der Waals surface area contributed by atoms with Crippen molar-refractivity contribution in [1.29, 1.82) is 0 Å². The van der Waals surface area contributed by atoms with Crippen molar-refractivity contribution < 1.29 is 9.84 Å². The van der Waals surface area contributed by atoms with Gasteiger partial charge in [-0.15, -0.1) is 0 Å². The number of benzene rings is 1. The molecule has 0 saturated carbocycles. The quantitative estimate of drug-likeness (QED) is 0.801. The SMILES string of the molecule is COCC(C)CC(O)Cc1ccc(C)cc1. The molecule has 0 aromatic heterocycles. The lowest BCUT2D eigenvalue weighted by atomic mass is 9.98. The van der Waals surface area contributed by atoms with Crippen LogP contribution in [0.4, 0.5) is 0 Å². The van der Waals surface area contributed by atoms with Crippen LogP contribution in [-0.4, -0.2) is 24.9 Å². The van der Waals surface area contributed by atoms with Crippen molar-refractivity contribution in [1.82, 2.24) is 0 Å². The highest BCUT2D eigenvalue weighted by Gasteiger charge is 2.10. The maximum absolute atomic E-state index is 9.91. The van der Waals surface area contributed by atoms with Gasteiger partial charge in [0, 0.05) is 13.7 Å². The number of aliphatic hydroxyl groups excluding tert-OH is 1. The van der Waals surface area contributed by atoms with Gasteiger partial charge < -0.3 is 9.84 Å². The van der Waals surface area contributed by atoms with Crippen LogP contribution >= 0.6 is 0 Å². The summed E-state index contributed by atoms with van der Waals surface area (Å²) in [4.78, 5) is 0. The van der Waals surface area contributed by atoms with Gasteiger partial charge in [-0.2, -0.15) is 0 Å². The van der Waals surface area contributed by atoms with E-state index in [1.807, 2.05) is 0 Å². The van der Waals surface area contributed by atoms with Crippen LogP contribution in [0.15, 0.2) is 24.3 Å². The molecule has 16 heavy (non-hydrogen) atoms. The molecule has 2 heteroatoms. The predicted molar refractivity (Wildman–Crippen MR) is 66.5 cm³/mol. The molecule has 1 aromatic rings. The monoisotopic (exact) mass is 222 g/mol. The summed E-state index contributed by atoms with van der Waals surface area (Å²) in [7, 11) is 1.70. The molecular formula is C14H22O2. The largest absolute Gasteiger partial charge is 0.393 e. The fourth-order valence-electron chi connectivity index (χ4n) is 1.90. The Morgan fingerprint density at radius 3 is 2.44 bits per heavy atom. The standard InChI is InChI=1S/C14H22O2/c1-11-4-6-13(7-5-11)9-14(15)8-12(2)10-16-3/h4-7,12,14-15H,8-10H2,1-3H3. The molecule has 0 radical (unpaired) electrons. The van der Waals surface area contributed by atoms with Gasteiger partial charge in [-0.1, -0.05) is 36.8 Å². The minimum absolute atomic E-state index is 0.271. The van der Waals surface area contributed by atoms with Crippen LogP contribution < -0.4 is 0 Å². The van der Waals surface area contributed by atoms with Gasteiger partial charge in [0.05, 0.1) is 6.10 Å². The van der Waals surface area contributed by atoms with E-state index in [0.29, 0.717) is 12.5 Å². The maximum atomic E-state index is 9.91. The molecule has 0 saturated heterocycles. The van der Waals surface area contributed by atoms with Crippen molar-refractivity contribution in [2.45, 2.75) is 32.8 Å². The Morgan fingerprint density at radius 2 is 1.88 bits per heavy atom. The zero-order chi connectivity index (χ0) is 12.0. The number of ether oxygens (including phenoxy) is 1. The van der Waals surface area contributed by atoms with Gasteiger partial charge in [-0.25, -0.2) is 0 Å². The van der Waals surface area contributed by atoms with Gasteiger partial charge in [0.2, 0.25) is 0 Å². The molecule has 0 aliphatic heterocycles.